The van der Waals surface area contributed by atoms with E-state index in [1.165, 1.54) is 0 Å². The molecule has 6 heteroatoms. The van der Waals surface area contributed by atoms with E-state index in [4.69, 9.17) is 10.2 Å². The van der Waals surface area contributed by atoms with Crippen molar-refractivity contribution < 1.29 is 9.52 Å². The summed E-state index contributed by atoms with van der Waals surface area (Å²) in [6.07, 6.45) is 3.48. The Hall–Kier alpha value is -3.02. The van der Waals surface area contributed by atoms with Gasteiger partial charge < -0.3 is 19.7 Å². The molecule has 0 saturated heterocycles. The minimum Gasteiger partial charge on any atom is -0.508 e. The second kappa shape index (κ2) is 5.01. The van der Waals surface area contributed by atoms with E-state index in [1.807, 2.05) is 35.7 Å². The van der Waals surface area contributed by atoms with Crippen molar-refractivity contribution in [2.75, 3.05) is 5.73 Å². The summed E-state index contributed by atoms with van der Waals surface area (Å²) >= 11 is 0. The first-order chi connectivity index (χ1) is 11.1. The standard InChI is InChI=1S/C17H16N4O2/c1-10-13(19-16-9-12(22)6-7-21(10)16)4-2-11-3-5-14-15(8-11)23-17(18)20-14/h3,5-9,22H,2,4H2,1H3,(H2,18,20). The number of hydrogen-bond donors (Lipinski definition) is 2. The van der Waals surface area contributed by atoms with Gasteiger partial charge in [0.05, 0.1) is 5.69 Å². The Morgan fingerprint density at radius 2 is 2.04 bits per heavy atom. The molecule has 0 atom stereocenters. The predicted molar refractivity (Wildman–Crippen MR) is 87.4 cm³/mol. The van der Waals surface area contributed by atoms with E-state index in [9.17, 15) is 5.11 Å². The fourth-order valence-electron chi connectivity index (χ4n) is 2.85. The van der Waals surface area contributed by atoms with Crippen LogP contribution in [0.5, 0.6) is 5.75 Å². The van der Waals surface area contributed by atoms with Gasteiger partial charge in [-0.3, -0.25) is 0 Å². The minimum absolute atomic E-state index is 0.188. The normalized spacial score (nSPS) is 11.5. The van der Waals surface area contributed by atoms with E-state index in [0.29, 0.717) is 5.58 Å². The van der Waals surface area contributed by atoms with Gasteiger partial charge in [-0.2, -0.15) is 4.98 Å². The van der Waals surface area contributed by atoms with Gasteiger partial charge in [0.15, 0.2) is 5.58 Å². The third-order valence-electron chi connectivity index (χ3n) is 4.07. The van der Waals surface area contributed by atoms with E-state index in [-0.39, 0.29) is 11.8 Å². The summed E-state index contributed by atoms with van der Waals surface area (Å²) in [5.41, 5.74) is 11.1. The summed E-state index contributed by atoms with van der Waals surface area (Å²) in [4.78, 5) is 8.70. The minimum atomic E-state index is 0.188. The number of nitrogens with two attached hydrogens (primary N) is 1. The van der Waals surface area contributed by atoms with Crippen molar-refractivity contribution in [3.05, 3.63) is 53.5 Å². The molecule has 0 spiro atoms. The van der Waals surface area contributed by atoms with E-state index in [1.54, 1.807) is 12.1 Å². The molecule has 4 aromatic rings. The average molecular weight is 308 g/mol. The summed E-state index contributed by atoms with van der Waals surface area (Å²) in [6.45, 7) is 2.03. The van der Waals surface area contributed by atoms with Crippen molar-refractivity contribution in [2.45, 2.75) is 19.8 Å². The molecular weight excluding hydrogens is 292 g/mol. The molecule has 116 valence electrons. The van der Waals surface area contributed by atoms with Crippen LogP contribution in [0.25, 0.3) is 16.7 Å². The molecule has 0 aliphatic carbocycles. The second-order valence-corrected chi connectivity index (χ2v) is 5.61. The Balaban J connectivity index is 1.61. The van der Waals surface area contributed by atoms with Crippen LogP contribution < -0.4 is 5.73 Å². The zero-order valence-electron chi connectivity index (χ0n) is 12.7. The van der Waals surface area contributed by atoms with Gasteiger partial charge in [-0.25, -0.2) is 4.98 Å². The van der Waals surface area contributed by atoms with Crippen LogP contribution in [0.2, 0.25) is 0 Å². The SMILES string of the molecule is Cc1c(CCc2ccc3nc(N)oc3c2)nc2cc(O)ccn12. The van der Waals surface area contributed by atoms with Crippen molar-refractivity contribution in [1.29, 1.82) is 0 Å². The van der Waals surface area contributed by atoms with Crippen molar-refractivity contribution in [1.82, 2.24) is 14.4 Å². The first kappa shape index (κ1) is 13.6. The number of fused-ring (bicyclic) bond motifs is 2. The van der Waals surface area contributed by atoms with Crippen molar-refractivity contribution in [3.8, 4) is 5.75 Å². The van der Waals surface area contributed by atoms with Crippen LogP contribution in [0.15, 0.2) is 40.9 Å². The number of rotatable bonds is 3. The second-order valence-electron chi connectivity index (χ2n) is 5.61. The predicted octanol–water partition coefficient (Wildman–Crippen LogP) is 2.86. The monoisotopic (exact) mass is 308 g/mol. The maximum atomic E-state index is 9.56. The van der Waals surface area contributed by atoms with Crippen LogP contribution >= 0.6 is 0 Å². The highest BCUT2D eigenvalue weighted by molar-refractivity contribution is 5.74. The lowest BCUT2D eigenvalue weighted by molar-refractivity contribution is 0.475. The molecule has 1 aromatic carbocycles. The molecule has 4 rings (SSSR count). The van der Waals surface area contributed by atoms with Gasteiger partial charge in [0, 0.05) is 18.0 Å². The lowest BCUT2D eigenvalue weighted by Gasteiger charge is -2.01. The molecule has 0 unspecified atom stereocenters. The zero-order valence-corrected chi connectivity index (χ0v) is 12.7. The summed E-state index contributed by atoms with van der Waals surface area (Å²) in [5, 5.41) is 9.56. The molecule has 0 aliphatic heterocycles. The molecule has 0 saturated carbocycles. The molecule has 0 bridgehead atoms. The third-order valence-corrected chi connectivity index (χ3v) is 4.07. The highest BCUT2D eigenvalue weighted by atomic mass is 16.4. The van der Waals surface area contributed by atoms with Gasteiger partial charge in [0.25, 0.3) is 6.01 Å². The maximum Gasteiger partial charge on any atom is 0.292 e. The molecule has 0 amide bonds. The Morgan fingerprint density at radius 1 is 1.17 bits per heavy atom. The molecule has 3 aromatic heterocycles. The number of hydrogen-bond acceptors (Lipinski definition) is 5. The highest BCUT2D eigenvalue weighted by Crippen LogP contribution is 2.21. The van der Waals surface area contributed by atoms with Gasteiger partial charge in [0.2, 0.25) is 0 Å². The summed E-state index contributed by atoms with van der Waals surface area (Å²) in [6, 6.07) is 9.43. The average Bonchev–Trinajstić information content (AvgIpc) is 3.03. The van der Waals surface area contributed by atoms with Crippen molar-refractivity contribution in [3.63, 3.8) is 0 Å². The molecule has 6 nitrogen and oxygen atoms in total. The van der Waals surface area contributed by atoms with E-state index < -0.39 is 0 Å². The first-order valence-electron chi connectivity index (χ1n) is 7.41. The van der Waals surface area contributed by atoms with E-state index in [0.717, 1.165) is 41.0 Å². The largest absolute Gasteiger partial charge is 0.508 e. The lowest BCUT2D eigenvalue weighted by atomic mass is 10.1. The van der Waals surface area contributed by atoms with E-state index in [2.05, 4.69) is 9.97 Å². The number of anilines is 1. The number of oxazole rings is 1. The van der Waals surface area contributed by atoms with Crippen LogP contribution in [-0.2, 0) is 12.8 Å². The highest BCUT2D eigenvalue weighted by Gasteiger charge is 2.10. The molecule has 0 fully saturated rings. The summed E-state index contributed by atoms with van der Waals surface area (Å²) < 4.78 is 7.35. The molecule has 0 radical (unpaired) electrons. The maximum absolute atomic E-state index is 9.56. The number of aromatic nitrogens is 3. The zero-order chi connectivity index (χ0) is 16.0. The fraction of sp³-hybridized carbons (Fsp3) is 0.176. The molecular formula is C17H16N4O2. The Labute approximate surface area is 132 Å². The third kappa shape index (κ3) is 2.38. The Kier molecular flexibility index (Phi) is 2.97. The summed E-state index contributed by atoms with van der Waals surface area (Å²) in [5.74, 6) is 0.224. The van der Waals surface area contributed by atoms with Crippen LogP contribution in [0, 0.1) is 6.92 Å². The number of pyridine rings is 1. The van der Waals surface area contributed by atoms with Gasteiger partial charge in [-0.05, 0) is 43.5 Å². The van der Waals surface area contributed by atoms with Crippen LogP contribution in [0.3, 0.4) is 0 Å². The Morgan fingerprint density at radius 3 is 2.91 bits per heavy atom. The number of nitrogens with zero attached hydrogens (tertiary/aromatic N) is 3. The van der Waals surface area contributed by atoms with E-state index >= 15 is 0 Å². The fourth-order valence-corrected chi connectivity index (χ4v) is 2.85. The van der Waals surface area contributed by atoms with Crippen LogP contribution in [-0.4, -0.2) is 19.5 Å². The van der Waals surface area contributed by atoms with Gasteiger partial charge in [-0.15, -0.1) is 0 Å². The molecule has 3 N–H and O–H groups in total. The first-order valence-corrected chi connectivity index (χ1v) is 7.41. The lowest BCUT2D eigenvalue weighted by Crippen LogP contribution is -1.94. The molecule has 3 heterocycles. The topological polar surface area (TPSA) is 89.6 Å². The van der Waals surface area contributed by atoms with Gasteiger partial charge in [0.1, 0.15) is 16.9 Å². The molecule has 0 aliphatic rings. The van der Waals surface area contributed by atoms with Crippen molar-refractivity contribution >= 4 is 22.8 Å². The van der Waals surface area contributed by atoms with Crippen LogP contribution in [0.1, 0.15) is 17.0 Å². The Bertz CT molecular complexity index is 1020. The van der Waals surface area contributed by atoms with Gasteiger partial charge in [-0.1, -0.05) is 6.07 Å². The van der Waals surface area contributed by atoms with Crippen molar-refractivity contribution in [2.24, 2.45) is 0 Å². The number of benzene rings is 1. The number of aryl methyl sites for hydroxylation is 3. The van der Waals surface area contributed by atoms with Gasteiger partial charge >= 0.3 is 0 Å². The quantitative estimate of drug-likeness (QED) is 0.607. The number of imidazole rings is 1. The van der Waals surface area contributed by atoms with Crippen LogP contribution in [0.4, 0.5) is 6.01 Å². The summed E-state index contributed by atoms with van der Waals surface area (Å²) in [7, 11) is 0. The number of aromatic hydroxyl groups is 1. The molecule has 23 heavy (non-hydrogen) atoms. The number of nitrogen functional groups attached to an aromatic ring is 1. The smallest absolute Gasteiger partial charge is 0.292 e.